The molecule has 4 heterocycles. The number of amides is 1. The zero-order valence-electron chi connectivity index (χ0n) is 18.3. The Hall–Kier alpha value is -3.03. The van der Waals surface area contributed by atoms with E-state index in [4.69, 9.17) is 9.72 Å². The molecule has 32 heavy (non-hydrogen) atoms. The molecule has 1 aromatic rings. The Balaban J connectivity index is 1.58. The average Bonchev–Trinajstić information content (AvgIpc) is 3.41. The molecule has 0 spiro atoms. The van der Waals surface area contributed by atoms with E-state index in [2.05, 4.69) is 34.4 Å². The molecular formula is C22H28FN7O2. The lowest BCUT2D eigenvalue weighted by Gasteiger charge is -2.41. The number of carbonyl (C=O) groups excluding carboxylic acids is 1. The number of piperazine rings is 1. The predicted octanol–water partition coefficient (Wildman–Crippen LogP) is 1.48. The van der Waals surface area contributed by atoms with Crippen LogP contribution in [-0.4, -0.2) is 71.0 Å². The zero-order valence-corrected chi connectivity index (χ0v) is 18.3. The number of rotatable bonds is 6. The van der Waals surface area contributed by atoms with Gasteiger partial charge in [-0.2, -0.15) is 15.2 Å². The summed E-state index contributed by atoms with van der Waals surface area (Å²) in [6.07, 6.45) is 2.17. The van der Waals surface area contributed by atoms with E-state index in [1.165, 1.54) is 4.90 Å². The molecule has 0 aromatic carbocycles. The molecule has 10 heteroatoms. The van der Waals surface area contributed by atoms with Crippen LogP contribution in [0.4, 0.5) is 10.2 Å². The van der Waals surface area contributed by atoms with Crippen molar-refractivity contribution in [2.75, 3.05) is 38.1 Å². The maximum absolute atomic E-state index is 13.5. The molecule has 1 N–H and O–H groups in total. The summed E-state index contributed by atoms with van der Waals surface area (Å²) >= 11 is 0. The summed E-state index contributed by atoms with van der Waals surface area (Å²) in [6, 6.07) is 2.03. The van der Waals surface area contributed by atoms with Gasteiger partial charge in [0.2, 0.25) is 0 Å². The van der Waals surface area contributed by atoms with Crippen LogP contribution in [-0.2, 0) is 17.9 Å². The van der Waals surface area contributed by atoms with E-state index in [-0.39, 0.29) is 25.0 Å². The van der Waals surface area contributed by atoms with Crippen molar-refractivity contribution >= 4 is 11.7 Å². The van der Waals surface area contributed by atoms with Gasteiger partial charge in [-0.1, -0.05) is 13.2 Å². The first-order valence-corrected chi connectivity index (χ1v) is 10.8. The van der Waals surface area contributed by atoms with Crippen molar-refractivity contribution in [2.24, 2.45) is 0 Å². The normalized spacial score (nSPS) is 23.0. The van der Waals surface area contributed by atoms with E-state index < -0.39 is 17.8 Å². The number of anilines is 1. The Labute approximate surface area is 187 Å². The van der Waals surface area contributed by atoms with Gasteiger partial charge in [-0.3, -0.25) is 9.69 Å². The standard InChI is InChI=1S/C22H28FN7O2/c1-14(23)21(31)30-10-9-29(13-16(30)6-7-24)20-17-11-25-12-18(17)26-22(27-20)32-15(2)19-5-4-8-28(19)3/h16,19,25H,1-2,4-6,8-13H2,3H3/t16-,19-/m0/s1. The fraction of sp³-hybridized carbons (Fsp3) is 0.545. The number of nitrogens with zero attached hydrogens (tertiary/aromatic N) is 6. The summed E-state index contributed by atoms with van der Waals surface area (Å²) in [4.78, 5) is 27.1. The van der Waals surface area contributed by atoms with Gasteiger partial charge in [-0.25, -0.2) is 4.39 Å². The Bertz CT molecular complexity index is 976. The van der Waals surface area contributed by atoms with Crippen LogP contribution >= 0.6 is 0 Å². The molecule has 3 aliphatic heterocycles. The van der Waals surface area contributed by atoms with Gasteiger partial charge in [0, 0.05) is 38.3 Å². The quantitative estimate of drug-likeness (QED) is 0.524. The summed E-state index contributed by atoms with van der Waals surface area (Å²) in [5, 5.41) is 12.5. The number of ether oxygens (including phenoxy) is 1. The zero-order chi connectivity index (χ0) is 22.8. The van der Waals surface area contributed by atoms with Gasteiger partial charge in [0.05, 0.1) is 30.3 Å². The second-order valence-corrected chi connectivity index (χ2v) is 8.43. The van der Waals surface area contributed by atoms with Crippen molar-refractivity contribution in [3.8, 4) is 12.1 Å². The lowest BCUT2D eigenvalue weighted by Crippen LogP contribution is -2.55. The van der Waals surface area contributed by atoms with Crippen LogP contribution in [0.3, 0.4) is 0 Å². The highest BCUT2D eigenvalue weighted by Gasteiger charge is 2.34. The van der Waals surface area contributed by atoms with Gasteiger partial charge in [-0.15, -0.1) is 0 Å². The van der Waals surface area contributed by atoms with Crippen LogP contribution < -0.4 is 15.0 Å². The maximum Gasteiger partial charge on any atom is 0.323 e. The van der Waals surface area contributed by atoms with Crippen molar-refractivity contribution in [3.63, 3.8) is 0 Å². The molecule has 3 aliphatic rings. The van der Waals surface area contributed by atoms with Crippen LogP contribution in [0.15, 0.2) is 24.7 Å². The number of halogens is 1. The van der Waals surface area contributed by atoms with Crippen molar-refractivity contribution < 1.29 is 13.9 Å². The monoisotopic (exact) mass is 441 g/mol. The van der Waals surface area contributed by atoms with Gasteiger partial charge in [0.1, 0.15) is 11.6 Å². The fourth-order valence-electron chi connectivity index (χ4n) is 4.69. The number of hydrogen-bond donors (Lipinski definition) is 1. The SMILES string of the molecule is C=C(F)C(=O)N1CCN(c2nc(OC(=C)[C@@H]3CCCN3C)nc3c2CNC3)C[C@@H]1CC#N. The van der Waals surface area contributed by atoms with Gasteiger partial charge in [0.25, 0.3) is 5.91 Å². The van der Waals surface area contributed by atoms with Crippen molar-refractivity contribution in [1.29, 1.82) is 5.26 Å². The highest BCUT2D eigenvalue weighted by Crippen LogP contribution is 2.31. The molecule has 2 atom stereocenters. The van der Waals surface area contributed by atoms with Crippen LogP contribution in [0.5, 0.6) is 6.01 Å². The molecule has 1 aromatic heterocycles. The Kier molecular flexibility index (Phi) is 6.39. The average molecular weight is 442 g/mol. The van der Waals surface area contributed by atoms with Crippen molar-refractivity contribution in [2.45, 2.75) is 44.4 Å². The Morgan fingerprint density at radius 3 is 2.81 bits per heavy atom. The summed E-state index contributed by atoms with van der Waals surface area (Å²) in [6.45, 7) is 10.5. The lowest BCUT2D eigenvalue weighted by atomic mass is 10.1. The Morgan fingerprint density at radius 1 is 1.31 bits per heavy atom. The molecule has 4 rings (SSSR count). The minimum absolute atomic E-state index is 0.0925. The van der Waals surface area contributed by atoms with E-state index >= 15 is 0 Å². The predicted molar refractivity (Wildman–Crippen MR) is 116 cm³/mol. The molecule has 170 valence electrons. The largest absolute Gasteiger partial charge is 0.428 e. The molecule has 9 nitrogen and oxygen atoms in total. The first kappa shape index (κ1) is 22.2. The Morgan fingerprint density at radius 2 is 2.12 bits per heavy atom. The van der Waals surface area contributed by atoms with E-state index in [1.54, 1.807) is 0 Å². The highest BCUT2D eigenvalue weighted by molar-refractivity contribution is 5.91. The van der Waals surface area contributed by atoms with Gasteiger partial charge in [0.15, 0.2) is 5.83 Å². The molecule has 0 unspecified atom stereocenters. The first-order valence-electron chi connectivity index (χ1n) is 10.8. The van der Waals surface area contributed by atoms with E-state index in [0.717, 1.165) is 36.5 Å². The number of aromatic nitrogens is 2. The lowest BCUT2D eigenvalue weighted by molar-refractivity contribution is -0.131. The molecule has 0 saturated carbocycles. The fourth-order valence-corrected chi connectivity index (χ4v) is 4.69. The number of likely N-dealkylation sites (N-methyl/N-ethyl adjacent to an activating group) is 1. The highest BCUT2D eigenvalue weighted by atomic mass is 19.1. The second kappa shape index (κ2) is 9.22. The number of nitrogens with one attached hydrogen (secondary N) is 1. The third-order valence-corrected chi connectivity index (χ3v) is 6.36. The van der Waals surface area contributed by atoms with Crippen LogP contribution in [0.25, 0.3) is 0 Å². The smallest absolute Gasteiger partial charge is 0.323 e. The van der Waals surface area contributed by atoms with Crippen LogP contribution in [0.2, 0.25) is 0 Å². The molecule has 0 bridgehead atoms. The topological polar surface area (TPSA) is 97.6 Å². The summed E-state index contributed by atoms with van der Waals surface area (Å²) < 4.78 is 19.5. The minimum atomic E-state index is -1.01. The number of carbonyl (C=O) groups is 1. The van der Waals surface area contributed by atoms with Crippen molar-refractivity contribution in [3.05, 3.63) is 36.0 Å². The molecule has 2 fully saturated rings. The molecule has 2 saturated heterocycles. The number of hydrogen-bond acceptors (Lipinski definition) is 8. The summed E-state index contributed by atoms with van der Waals surface area (Å²) in [5.74, 6) is -0.433. The first-order chi connectivity index (χ1) is 15.4. The van der Waals surface area contributed by atoms with Gasteiger partial charge in [-0.05, 0) is 26.4 Å². The van der Waals surface area contributed by atoms with Crippen LogP contribution in [0.1, 0.15) is 30.5 Å². The second-order valence-electron chi connectivity index (χ2n) is 8.43. The van der Waals surface area contributed by atoms with E-state index in [0.29, 0.717) is 31.9 Å². The molecule has 0 aliphatic carbocycles. The molecule has 0 radical (unpaired) electrons. The van der Waals surface area contributed by atoms with E-state index in [1.807, 2.05) is 11.9 Å². The number of fused-ring (bicyclic) bond motifs is 1. The third-order valence-electron chi connectivity index (χ3n) is 6.36. The van der Waals surface area contributed by atoms with Crippen LogP contribution in [0, 0.1) is 11.3 Å². The molecular weight excluding hydrogens is 413 g/mol. The van der Waals surface area contributed by atoms with Crippen molar-refractivity contribution in [1.82, 2.24) is 25.1 Å². The third kappa shape index (κ3) is 4.31. The summed E-state index contributed by atoms with van der Waals surface area (Å²) in [5.41, 5.74) is 1.84. The number of nitriles is 1. The van der Waals surface area contributed by atoms with Gasteiger partial charge >= 0.3 is 6.01 Å². The summed E-state index contributed by atoms with van der Waals surface area (Å²) in [7, 11) is 2.05. The molecule has 1 amide bonds. The van der Waals surface area contributed by atoms with E-state index in [9.17, 15) is 14.4 Å². The maximum atomic E-state index is 13.5. The van der Waals surface area contributed by atoms with Gasteiger partial charge < -0.3 is 19.9 Å². The number of likely N-dealkylation sites (tertiary alicyclic amines) is 1. The minimum Gasteiger partial charge on any atom is -0.428 e.